The van der Waals surface area contributed by atoms with Crippen molar-refractivity contribution in [3.63, 3.8) is 0 Å². The maximum absolute atomic E-state index is 13.0. The summed E-state index contributed by atoms with van der Waals surface area (Å²) in [5.74, 6) is 3.69. The Morgan fingerprint density at radius 1 is 0.426 bits per heavy atom. The first-order chi connectivity index (χ1) is 56.0. The molecule has 20 rings (SSSR count). The summed E-state index contributed by atoms with van der Waals surface area (Å²) in [6.45, 7) is 1.17. The number of benzene rings is 5. The number of aliphatic hydroxyl groups excluding tert-OH is 1. The Balaban J connectivity index is 0.000000113. The van der Waals surface area contributed by atoms with Gasteiger partial charge in [0.1, 0.15) is 34.6 Å². The lowest BCUT2D eigenvalue weighted by Crippen LogP contribution is -2.33. The zero-order valence-electron chi connectivity index (χ0n) is 63.9. The summed E-state index contributed by atoms with van der Waals surface area (Å²) >= 11 is 0. The molecule has 0 saturated heterocycles. The van der Waals surface area contributed by atoms with Crippen LogP contribution in [0.3, 0.4) is 0 Å². The van der Waals surface area contributed by atoms with Gasteiger partial charge in [0.05, 0.1) is 86.0 Å². The number of aromatic nitrogens is 6. The number of nitrogens with two attached hydrogens (primary N) is 1. The van der Waals surface area contributed by atoms with E-state index in [1.807, 2.05) is 79.3 Å². The van der Waals surface area contributed by atoms with E-state index in [-0.39, 0.29) is 71.5 Å². The number of amides is 6. The first-order valence-electron chi connectivity index (χ1n) is 38.3. The minimum absolute atomic E-state index is 0.133. The van der Waals surface area contributed by atoms with Gasteiger partial charge in [-0.1, -0.05) is 36.4 Å². The van der Waals surface area contributed by atoms with Gasteiger partial charge in [0.25, 0.3) is 35.4 Å². The van der Waals surface area contributed by atoms with Gasteiger partial charge in [-0.25, -0.2) is 9.97 Å². The molecule has 582 valence electrons. The van der Waals surface area contributed by atoms with Crippen molar-refractivity contribution in [1.29, 1.82) is 0 Å². The van der Waals surface area contributed by atoms with Crippen molar-refractivity contribution in [2.75, 3.05) is 39.1 Å². The van der Waals surface area contributed by atoms with Gasteiger partial charge in [-0.15, -0.1) is 0 Å². The third kappa shape index (κ3) is 15.5. The predicted molar refractivity (Wildman–Crippen MR) is 426 cm³/mol. The maximum atomic E-state index is 13.0. The third-order valence-electron chi connectivity index (χ3n) is 22.5. The van der Waals surface area contributed by atoms with Crippen LogP contribution in [-0.4, -0.2) is 114 Å². The molecule has 0 fully saturated rings. The Hall–Kier alpha value is -13.4. The summed E-state index contributed by atoms with van der Waals surface area (Å²) in [4.78, 5) is 112. The van der Waals surface area contributed by atoms with E-state index < -0.39 is 0 Å². The van der Waals surface area contributed by atoms with Gasteiger partial charge < -0.3 is 45.6 Å². The molecule has 9 heterocycles. The van der Waals surface area contributed by atoms with E-state index in [1.54, 1.807) is 144 Å². The second-order valence-electron chi connectivity index (χ2n) is 28.8. The Morgan fingerprint density at radius 2 is 0.835 bits per heavy atom. The molecule has 6 amide bonds. The molecule has 0 bridgehead atoms. The molecule has 0 radical (unpaired) electrons. The minimum Gasteiger partial charge on any atom is -0.619 e. The van der Waals surface area contributed by atoms with Crippen molar-refractivity contribution in [2.24, 2.45) is 5.73 Å². The van der Waals surface area contributed by atoms with Gasteiger partial charge in [0, 0.05) is 116 Å². The monoisotopic (exact) mass is 1540 g/mol. The van der Waals surface area contributed by atoms with Crippen molar-refractivity contribution in [1.82, 2.24) is 39.6 Å². The number of nitrogens with zero attached hydrogens (tertiary/aromatic N) is 9. The average Bonchev–Trinajstić information content (AvgIpc) is 1.63. The quantitative estimate of drug-likeness (QED) is 0.0473. The van der Waals surface area contributed by atoms with Crippen molar-refractivity contribution in [3.8, 4) is 23.0 Å². The summed E-state index contributed by atoms with van der Waals surface area (Å²) in [6, 6.07) is 43.1. The van der Waals surface area contributed by atoms with Crippen LogP contribution in [-0.2, 0) is 51.6 Å². The predicted octanol–water partition coefficient (Wildman–Crippen LogP) is 12.9. The van der Waals surface area contributed by atoms with Gasteiger partial charge in [0.15, 0.2) is 18.2 Å². The van der Waals surface area contributed by atoms with Crippen LogP contribution in [0.1, 0.15) is 214 Å². The number of anilines is 2. The molecular weight excluding hydrogens is 1460 g/mol. The zero-order valence-corrected chi connectivity index (χ0v) is 63.9. The number of fused-ring (bicyclic) bond motifs is 9. The summed E-state index contributed by atoms with van der Waals surface area (Å²) in [6.07, 6.45) is 26.6. The van der Waals surface area contributed by atoms with Gasteiger partial charge >= 0.3 is 0 Å². The first-order valence-corrected chi connectivity index (χ1v) is 38.3. The number of rotatable bonds is 13. The van der Waals surface area contributed by atoms with Crippen LogP contribution in [0.4, 0.5) is 11.6 Å². The Morgan fingerprint density at radius 3 is 1.32 bits per heavy atom. The Labute approximate surface area is 663 Å². The summed E-state index contributed by atoms with van der Waals surface area (Å²) < 4.78 is 22.1. The summed E-state index contributed by atoms with van der Waals surface area (Å²) in [5.41, 5.74) is 23.8. The lowest BCUT2D eigenvalue weighted by Gasteiger charge is -2.23. The molecule has 25 heteroatoms. The molecule has 0 unspecified atom stereocenters. The van der Waals surface area contributed by atoms with Crippen molar-refractivity contribution >= 4 is 52.9 Å². The number of nitrogens with one attached hydrogen (secondary N) is 2. The fourth-order valence-electron chi connectivity index (χ4n) is 16.7. The standard InChI is InChI=1S/C25H23N3O4.C17H21N3O2.C16H12N2O3.C16H12N2O2.C8H9NO.C8H7NO/c1-31-16-8-7-15(22(13-16)32-2)14-27-23-18-9-10-21(17(18)11-12-26-23)28-24(29)19-5-3-4-6-20(19)25(28)30;1-21-12-4-3-11(16(9-12)22-2)10-20-17-14-5-6-15(18)13(14)7-8-19-17;19-15-12-3-1-2-4-13(12)16(20)18(15)14-6-5-10-9-17(21)8-7-11(10)14;19-15-12-3-1-2-4-13(12)16(20)18(15)14-6-5-10-9-17-8-7-11(10)14;2*10-8-2-1-6-5-9-4-3-7(6)8/h3-8,11-13,21H,9-10,14H2,1-2H3,(H,26,27);3-4,7-9,15H,5-6,10,18H2,1-2H3,(H,19,20);1-4,7-9,14H,5-6H2;1-4,7-9,14H,5-6H2;3-5,8,10H,1-2H2;3-5H,1-2H2/t21-;15-;2*14-;8-;/m11110./s1. The number of Topliss-reactive ketones (excluding diaryl/α,β-unsaturated/α-hetero) is 1. The molecule has 6 aliphatic carbocycles. The smallest absolute Gasteiger partial charge is 0.262 e. The molecular formula is C90H84N12O13. The second kappa shape index (κ2) is 33.9. The number of ketones is 1. The number of pyridine rings is 6. The van der Waals surface area contributed by atoms with E-state index in [0.717, 1.165) is 152 Å². The molecule has 5 aromatic carbocycles. The minimum atomic E-state index is -0.281. The molecule has 5 atom stereocenters. The number of imide groups is 3. The number of hydrogen-bond acceptors (Lipinski definition) is 21. The third-order valence-corrected chi connectivity index (χ3v) is 22.5. The van der Waals surface area contributed by atoms with Crippen LogP contribution in [0.25, 0.3) is 0 Å². The van der Waals surface area contributed by atoms with Crippen LogP contribution in [0.2, 0.25) is 0 Å². The topological polar surface area (TPSA) is 328 Å². The van der Waals surface area contributed by atoms with Crippen LogP contribution >= 0.6 is 0 Å². The average molecular weight is 1540 g/mol. The van der Waals surface area contributed by atoms with Crippen molar-refractivity contribution in [3.05, 3.63) is 324 Å². The SMILES string of the molecule is COc1ccc(CNc2nccc3c2CC[C@H]3N)c(OC)c1.COc1ccc(CNc2nccc3c2CC[C@H]3N2C(=O)c3ccccc3C2=O)c(OC)c1.O=C1CCc2cnccc21.O=C1c2ccccc2C(=O)N1[C@@H]1CCc2c[n+]([O-])ccc21.O=C1c2ccccc2C(=O)N1[C@@H]1CCc2cnccc21.O[C@H]1CCc2cnccc21. The molecule has 3 aliphatic heterocycles. The van der Waals surface area contributed by atoms with E-state index in [9.17, 15) is 43.9 Å². The van der Waals surface area contributed by atoms with E-state index >= 15 is 0 Å². The van der Waals surface area contributed by atoms with Crippen molar-refractivity contribution in [2.45, 2.75) is 120 Å². The highest BCUT2D eigenvalue weighted by molar-refractivity contribution is 6.23. The normalized spacial score (nSPS) is 18.2. The number of hydrogen-bond donors (Lipinski definition) is 4. The highest BCUT2D eigenvalue weighted by atomic mass is 16.5. The van der Waals surface area contributed by atoms with E-state index in [0.29, 0.717) is 72.2 Å². The highest BCUT2D eigenvalue weighted by Gasteiger charge is 2.46. The van der Waals surface area contributed by atoms with E-state index in [2.05, 4.69) is 35.6 Å². The first kappa shape index (κ1) is 77.0. The van der Waals surface area contributed by atoms with E-state index in [4.69, 9.17) is 24.7 Å². The molecule has 25 nitrogen and oxygen atoms in total. The fourth-order valence-corrected chi connectivity index (χ4v) is 16.7. The number of carbonyl (C=O) groups is 7. The number of ether oxygens (including phenoxy) is 4. The fraction of sp³-hybridized carbons (Fsp3) is 0.256. The number of aryl methyl sites for hydroxylation is 4. The van der Waals surface area contributed by atoms with E-state index in [1.165, 1.54) is 43.8 Å². The van der Waals surface area contributed by atoms with Gasteiger partial charge in [-0.05, 0) is 217 Å². The molecule has 0 spiro atoms. The van der Waals surface area contributed by atoms with Gasteiger partial charge in [0.2, 0.25) is 0 Å². The molecule has 6 aromatic heterocycles. The van der Waals surface area contributed by atoms with Crippen LogP contribution in [0.5, 0.6) is 23.0 Å². The van der Waals surface area contributed by atoms with Gasteiger partial charge in [-0.3, -0.25) is 63.2 Å². The van der Waals surface area contributed by atoms with Crippen molar-refractivity contribution < 1.29 is 62.3 Å². The zero-order chi connectivity index (χ0) is 80.0. The van der Waals surface area contributed by atoms with Crippen LogP contribution in [0.15, 0.2) is 208 Å². The molecule has 9 aliphatic rings. The molecule has 11 aromatic rings. The summed E-state index contributed by atoms with van der Waals surface area (Å²) in [7, 11) is 6.56. The molecule has 0 saturated carbocycles. The van der Waals surface area contributed by atoms with Crippen LogP contribution in [0, 0.1) is 5.21 Å². The molecule has 5 N–H and O–H groups in total. The number of aliphatic hydroxyl groups is 1. The Kier molecular flexibility index (Phi) is 22.7. The Bertz CT molecular complexity index is 5520. The summed E-state index contributed by atoms with van der Waals surface area (Å²) in [5, 5.41) is 27.5. The molecule has 115 heavy (non-hydrogen) atoms. The second-order valence-corrected chi connectivity index (χ2v) is 28.8. The number of carbonyl (C=O) groups excluding carboxylic acids is 7. The van der Waals surface area contributed by atoms with Crippen LogP contribution < -0.4 is 40.0 Å². The lowest BCUT2D eigenvalue weighted by atomic mass is 10.1. The largest absolute Gasteiger partial charge is 0.619 e. The maximum Gasteiger partial charge on any atom is 0.262 e. The highest BCUT2D eigenvalue weighted by Crippen LogP contribution is 2.45. The lowest BCUT2D eigenvalue weighted by molar-refractivity contribution is -0.605. The number of methoxy groups -OCH3 is 4. The van der Waals surface area contributed by atoms with Gasteiger partial charge in [-0.2, -0.15) is 4.73 Å².